The van der Waals surface area contributed by atoms with E-state index in [1.165, 1.54) is 12.1 Å². The minimum absolute atomic E-state index is 0.156. The van der Waals surface area contributed by atoms with E-state index in [0.717, 1.165) is 0 Å². The Morgan fingerprint density at radius 3 is 1.29 bits per heavy atom. The predicted octanol–water partition coefficient (Wildman–Crippen LogP) is 1.23. The van der Waals surface area contributed by atoms with Gasteiger partial charge in [-0.25, -0.2) is 10.5 Å². The van der Waals surface area contributed by atoms with Crippen LogP contribution in [-0.2, 0) is 22.4 Å². The lowest BCUT2D eigenvalue weighted by Gasteiger charge is -2.01. The van der Waals surface area contributed by atoms with Gasteiger partial charge in [-0.3, -0.25) is 9.59 Å². The molecule has 0 heterocycles. The van der Waals surface area contributed by atoms with Gasteiger partial charge in [0.05, 0.1) is 12.8 Å². The van der Waals surface area contributed by atoms with E-state index in [-0.39, 0.29) is 24.3 Å². The van der Waals surface area contributed by atoms with Crippen molar-refractivity contribution in [1.82, 2.24) is 0 Å². The van der Waals surface area contributed by atoms with Crippen LogP contribution in [0.4, 0.5) is 0 Å². The zero-order valence-electron chi connectivity index (χ0n) is 15.0. The Morgan fingerprint density at radius 1 is 0.714 bits per heavy atom. The van der Waals surface area contributed by atoms with Crippen molar-refractivity contribution in [3.8, 4) is 11.5 Å². The van der Waals surface area contributed by atoms with Crippen LogP contribution in [0.3, 0.4) is 0 Å². The van der Waals surface area contributed by atoms with Crippen LogP contribution in [-0.4, -0.2) is 45.8 Å². The van der Waals surface area contributed by atoms with Gasteiger partial charge >= 0.3 is 11.9 Å². The molecule has 0 atom stereocenters. The predicted molar refractivity (Wildman–Crippen MR) is 100 cm³/mol. The zero-order chi connectivity index (χ0) is 21.4. The fraction of sp³-hybridized carbons (Fsp3) is 0.222. The van der Waals surface area contributed by atoms with Crippen LogP contribution in [0, 0.1) is 0 Å². The molecule has 0 radical (unpaired) electrons. The first kappa shape index (κ1) is 24.8. The molecule has 10 heteroatoms. The van der Waals surface area contributed by atoms with Gasteiger partial charge in [0, 0.05) is 24.2 Å². The number of nitrogens with two attached hydrogens (primary N) is 2. The van der Waals surface area contributed by atoms with Gasteiger partial charge in [-0.1, -0.05) is 36.4 Å². The lowest BCUT2D eigenvalue weighted by molar-refractivity contribution is -0.141. The van der Waals surface area contributed by atoms with Gasteiger partial charge < -0.3 is 31.5 Å². The lowest BCUT2D eigenvalue weighted by atomic mass is 10.1. The van der Waals surface area contributed by atoms with Gasteiger partial charge in [-0.15, -0.1) is 0 Å². The Labute approximate surface area is 161 Å². The Hall–Kier alpha value is -3.18. The molecule has 0 fully saturated rings. The summed E-state index contributed by atoms with van der Waals surface area (Å²) in [7, 11) is 0. The van der Waals surface area contributed by atoms with Crippen molar-refractivity contribution in [2.24, 2.45) is 11.5 Å². The SMILES string of the molecule is NCCN.O=C(O)Cc1ccccc1OO.O=C(O)Cc1ccccc1OO. The second-order valence-corrected chi connectivity index (χ2v) is 5.12. The molecule has 2 aromatic carbocycles. The third-order valence-corrected chi connectivity index (χ3v) is 2.99. The quantitative estimate of drug-likeness (QED) is 0.294. The average Bonchev–Trinajstić information content (AvgIpc) is 2.68. The number of rotatable bonds is 7. The van der Waals surface area contributed by atoms with Gasteiger partial charge in [0.2, 0.25) is 0 Å². The number of benzene rings is 2. The van der Waals surface area contributed by atoms with Gasteiger partial charge in [-0.2, -0.15) is 0 Å². The molecule has 0 aromatic heterocycles. The summed E-state index contributed by atoms with van der Waals surface area (Å²) < 4.78 is 0. The highest BCUT2D eigenvalue weighted by Crippen LogP contribution is 2.18. The summed E-state index contributed by atoms with van der Waals surface area (Å²) in [4.78, 5) is 28.6. The van der Waals surface area contributed by atoms with Crippen LogP contribution in [0.15, 0.2) is 48.5 Å². The second-order valence-electron chi connectivity index (χ2n) is 5.12. The van der Waals surface area contributed by atoms with Crippen LogP contribution < -0.4 is 21.2 Å². The normalized spacial score (nSPS) is 9.14. The van der Waals surface area contributed by atoms with Gasteiger partial charge in [-0.05, 0) is 12.1 Å². The fourth-order valence-electron chi connectivity index (χ4n) is 1.80. The number of carbonyl (C=O) groups is 2. The van der Waals surface area contributed by atoms with Crippen molar-refractivity contribution in [3.63, 3.8) is 0 Å². The first-order chi connectivity index (χ1) is 13.4. The van der Waals surface area contributed by atoms with Crippen LogP contribution in [0.5, 0.6) is 11.5 Å². The van der Waals surface area contributed by atoms with E-state index in [1.54, 1.807) is 36.4 Å². The summed E-state index contributed by atoms with van der Waals surface area (Å²) in [6.45, 7) is 1.19. The van der Waals surface area contributed by atoms with E-state index in [2.05, 4.69) is 9.78 Å². The average molecular weight is 396 g/mol. The molecular formula is C18H24N2O8. The minimum Gasteiger partial charge on any atom is -0.481 e. The number of hydrogen-bond donors (Lipinski definition) is 6. The topological polar surface area (TPSA) is 186 Å². The molecule has 154 valence electrons. The first-order valence-electron chi connectivity index (χ1n) is 8.01. The summed E-state index contributed by atoms with van der Waals surface area (Å²) in [5.41, 5.74) is 10.7. The molecule has 8 N–H and O–H groups in total. The molecule has 0 bridgehead atoms. The Kier molecular flexibility index (Phi) is 13.2. The molecular weight excluding hydrogens is 372 g/mol. The lowest BCUT2D eigenvalue weighted by Crippen LogP contribution is -2.11. The van der Waals surface area contributed by atoms with Crippen molar-refractivity contribution in [1.29, 1.82) is 0 Å². The van der Waals surface area contributed by atoms with E-state index in [9.17, 15) is 9.59 Å². The summed E-state index contributed by atoms with van der Waals surface area (Å²) in [6, 6.07) is 12.8. The van der Waals surface area contributed by atoms with Crippen LogP contribution >= 0.6 is 0 Å². The van der Waals surface area contributed by atoms with E-state index in [0.29, 0.717) is 24.2 Å². The number of carboxylic acid groups (broad SMARTS) is 2. The molecule has 0 spiro atoms. The highest BCUT2D eigenvalue weighted by atomic mass is 17.1. The smallest absolute Gasteiger partial charge is 0.307 e. The Bertz CT molecular complexity index is 663. The standard InChI is InChI=1S/2C8H8O4.C2H8N2/c2*9-8(10)5-6-3-1-2-4-7(6)12-11;3-1-2-4/h2*1-4,11H,5H2,(H,9,10);1-4H2. The molecule has 0 unspecified atom stereocenters. The fourth-order valence-corrected chi connectivity index (χ4v) is 1.80. The maximum absolute atomic E-state index is 10.3. The van der Waals surface area contributed by atoms with Crippen molar-refractivity contribution in [2.75, 3.05) is 13.1 Å². The van der Waals surface area contributed by atoms with Crippen molar-refractivity contribution in [3.05, 3.63) is 59.7 Å². The summed E-state index contributed by atoms with van der Waals surface area (Å²) in [5.74, 6) is -1.56. The number of carboxylic acids is 2. The third-order valence-electron chi connectivity index (χ3n) is 2.99. The number of aliphatic carboxylic acids is 2. The molecule has 0 aliphatic heterocycles. The number of hydrogen-bond acceptors (Lipinski definition) is 8. The highest BCUT2D eigenvalue weighted by Gasteiger charge is 2.07. The van der Waals surface area contributed by atoms with E-state index in [4.69, 9.17) is 32.2 Å². The molecule has 2 aromatic rings. The molecule has 2 rings (SSSR count). The molecule has 0 amide bonds. The zero-order valence-corrected chi connectivity index (χ0v) is 15.0. The van der Waals surface area contributed by atoms with E-state index < -0.39 is 11.9 Å². The second kappa shape index (κ2) is 14.9. The van der Waals surface area contributed by atoms with Crippen molar-refractivity contribution < 1.29 is 40.1 Å². The third kappa shape index (κ3) is 10.7. The van der Waals surface area contributed by atoms with E-state index >= 15 is 0 Å². The van der Waals surface area contributed by atoms with Gasteiger partial charge in [0.1, 0.15) is 0 Å². The minimum atomic E-state index is -0.959. The van der Waals surface area contributed by atoms with E-state index in [1.807, 2.05) is 0 Å². The van der Waals surface area contributed by atoms with Gasteiger partial charge in [0.25, 0.3) is 0 Å². The molecule has 28 heavy (non-hydrogen) atoms. The summed E-state index contributed by atoms with van der Waals surface area (Å²) in [5, 5.41) is 33.6. The summed E-state index contributed by atoms with van der Waals surface area (Å²) >= 11 is 0. The Morgan fingerprint density at radius 2 is 1.04 bits per heavy atom. The number of para-hydroxylation sites is 2. The molecule has 0 saturated heterocycles. The van der Waals surface area contributed by atoms with Crippen LogP contribution in [0.1, 0.15) is 11.1 Å². The van der Waals surface area contributed by atoms with Crippen LogP contribution in [0.25, 0.3) is 0 Å². The molecule has 0 aliphatic carbocycles. The highest BCUT2D eigenvalue weighted by molar-refractivity contribution is 5.71. The van der Waals surface area contributed by atoms with Crippen molar-refractivity contribution >= 4 is 11.9 Å². The molecule has 0 aliphatic rings. The molecule has 0 saturated carbocycles. The van der Waals surface area contributed by atoms with Gasteiger partial charge in [0.15, 0.2) is 11.5 Å². The van der Waals surface area contributed by atoms with Crippen molar-refractivity contribution in [2.45, 2.75) is 12.8 Å². The largest absolute Gasteiger partial charge is 0.481 e. The monoisotopic (exact) mass is 396 g/mol. The maximum atomic E-state index is 10.3. The first-order valence-corrected chi connectivity index (χ1v) is 8.01. The van der Waals surface area contributed by atoms with Crippen LogP contribution in [0.2, 0.25) is 0 Å². The molecule has 10 nitrogen and oxygen atoms in total. The summed E-state index contributed by atoms with van der Waals surface area (Å²) in [6.07, 6.45) is -0.312. The Balaban J connectivity index is 0.000000439. The maximum Gasteiger partial charge on any atom is 0.307 e.